The lowest BCUT2D eigenvalue weighted by molar-refractivity contribution is 0.0908. The summed E-state index contributed by atoms with van der Waals surface area (Å²) in [4.78, 5) is 4.97. The van der Waals surface area contributed by atoms with Gasteiger partial charge in [-0.15, -0.1) is 23.4 Å². The zero-order chi connectivity index (χ0) is 33.9. The lowest BCUT2D eigenvalue weighted by atomic mass is 9.94. The molecule has 2 saturated heterocycles. The van der Waals surface area contributed by atoms with Gasteiger partial charge in [0.1, 0.15) is 12.2 Å². The van der Waals surface area contributed by atoms with Gasteiger partial charge < -0.3 is 9.47 Å². The van der Waals surface area contributed by atoms with Crippen molar-refractivity contribution in [3.05, 3.63) is 146 Å². The van der Waals surface area contributed by atoms with Crippen LogP contribution in [0, 0.1) is 0 Å². The first-order valence-electron chi connectivity index (χ1n) is 18.0. The van der Waals surface area contributed by atoms with Crippen LogP contribution in [0.3, 0.4) is 0 Å². The van der Waals surface area contributed by atoms with Crippen LogP contribution in [0.2, 0.25) is 0 Å². The van der Waals surface area contributed by atoms with Crippen LogP contribution in [-0.2, 0) is 0 Å². The number of benzene rings is 5. The van der Waals surface area contributed by atoms with E-state index in [1.54, 1.807) is 0 Å². The first kappa shape index (κ1) is 32.2. The van der Waals surface area contributed by atoms with Gasteiger partial charge in [0.25, 0.3) is 0 Å². The van der Waals surface area contributed by atoms with E-state index >= 15 is 0 Å². The summed E-state index contributed by atoms with van der Waals surface area (Å²) in [5.74, 6) is 1.04. The predicted octanol–water partition coefficient (Wildman–Crippen LogP) is 9.48. The summed E-state index contributed by atoms with van der Waals surface area (Å²) in [6.45, 7) is 11.8. The van der Waals surface area contributed by atoms with Crippen molar-refractivity contribution in [1.82, 2.24) is 20.0 Å². The summed E-state index contributed by atoms with van der Waals surface area (Å²) >= 11 is 0. The van der Waals surface area contributed by atoms with Crippen molar-refractivity contribution in [2.75, 3.05) is 26.2 Å². The van der Waals surface area contributed by atoms with Crippen molar-refractivity contribution in [2.24, 2.45) is 0 Å². The minimum atomic E-state index is -0.248. The Morgan fingerprint density at radius 2 is 0.960 bits per heavy atom. The molecule has 50 heavy (non-hydrogen) atoms. The van der Waals surface area contributed by atoms with Gasteiger partial charge in [0.15, 0.2) is 0 Å². The lowest BCUT2D eigenvalue weighted by Gasteiger charge is -2.33. The van der Waals surface area contributed by atoms with Crippen LogP contribution < -0.4 is 9.47 Å². The Bertz CT molecular complexity index is 1980. The SMILES string of the molecule is C=CCN1CCC[C@H]1[C@H](Oc1nnc(O[C@H](c2cccc3ccccc23)[C@@H]2CCCN2CC=C)c2ccccc12)c1cccc2ccccc12. The molecule has 4 atom stereocenters. The van der Waals surface area contributed by atoms with Gasteiger partial charge >= 0.3 is 0 Å². The van der Waals surface area contributed by atoms with Gasteiger partial charge in [0, 0.05) is 24.2 Å². The first-order chi connectivity index (χ1) is 24.7. The molecule has 6 nitrogen and oxygen atoms in total. The molecule has 8 rings (SSSR count). The maximum atomic E-state index is 7.11. The van der Waals surface area contributed by atoms with Crippen LogP contribution in [0.25, 0.3) is 32.3 Å². The highest BCUT2D eigenvalue weighted by Gasteiger charge is 2.37. The average Bonchev–Trinajstić information content (AvgIpc) is 3.83. The monoisotopic (exact) mass is 660 g/mol. The molecule has 0 spiro atoms. The quantitative estimate of drug-likeness (QED) is 0.122. The molecule has 0 unspecified atom stereocenters. The molecule has 0 radical (unpaired) electrons. The van der Waals surface area contributed by atoms with Gasteiger partial charge in [-0.1, -0.05) is 109 Å². The van der Waals surface area contributed by atoms with Crippen molar-refractivity contribution in [3.8, 4) is 11.8 Å². The van der Waals surface area contributed by atoms with Crippen molar-refractivity contribution >= 4 is 32.3 Å². The maximum absolute atomic E-state index is 7.11. The summed E-state index contributed by atoms with van der Waals surface area (Å²) in [5.41, 5.74) is 2.32. The molecule has 5 aromatic carbocycles. The van der Waals surface area contributed by atoms with E-state index in [-0.39, 0.29) is 24.3 Å². The number of aromatic nitrogens is 2. The molecule has 0 saturated carbocycles. The summed E-state index contributed by atoms with van der Waals surface area (Å²) in [5, 5.41) is 16.2. The Morgan fingerprint density at radius 3 is 1.40 bits per heavy atom. The molecule has 6 aromatic rings. The van der Waals surface area contributed by atoms with E-state index in [0.717, 1.165) is 73.8 Å². The third kappa shape index (κ3) is 6.14. The number of likely N-dealkylation sites (tertiary alicyclic amines) is 2. The second-order valence-electron chi connectivity index (χ2n) is 13.6. The third-order valence-electron chi connectivity index (χ3n) is 10.6. The van der Waals surface area contributed by atoms with Crippen LogP contribution in [-0.4, -0.2) is 58.3 Å². The summed E-state index contributed by atoms with van der Waals surface area (Å²) < 4.78 is 14.2. The maximum Gasteiger partial charge on any atom is 0.242 e. The molecule has 2 fully saturated rings. The molecule has 0 N–H and O–H groups in total. The van der Waals surface area contributed by atoms with Crippen molar-refractivity contribution in [1.29, 1.82) is 0 Å². The molecule has 2 aliphatic rings. The van der Waals surface area contributed by atoms with Gasteiger partial charge in [0.2, 0.25) is 11.8 Å². The van der Waals surface area contributed by atoms with Crippen molar-refractivity contribution in [2.45, 2.75) is 50.0 Å². The van der Waals surface area contributed by atoms with Crippen molar-refractivity contribution < 1.29 is 9.47 Å². The highest BCUT2D eigenvalue weighted by molar-refractivity contribution is 5.91. The van der Waals surface area contributed by atoms with Crippen molar-refractivity contribution in [3.63, 3.8) is 0 Å². The fraction of sp³-hybridized carbons (Fsp3) is 0.273. The van der Waals surface area contributed by atoms with Gasteiger partial charge in [-0.25, -0.2) is 0 Å². The zero-order valence-electron chi connectivity index (χ0n) is 28.5. The van der Waals surface area contributed by atoms with Crippen LogP contribution in [0.1, 0.15) is 49.0 Å². The summed E-state index contributed by atoms with van der Waals surface area (Å²) in [6, 6.07) is 38.7. The van der Waals surface area contributed by atoms with Crippen LogP contribution in [0.5, 0.6) is 11.8 Å². The minimum Gasteiger partial charge on any atom is -0.466 e. The highest BCUT2D eigenvalue weighted by Crippen LogP contribution is 2.41. The number of hydrogen-bond donors (Lipinski definition) is 0. The van der Waals surface area contributed by atoms with Gasteiger partial charge in [0.05, 0.1) is 22.9 Å². The molecule has 252 valence electrons. The average molecular weight is 661 g/mol. The number of fused-ring (bicyclic) bond motifs is 3. The molecule has 6 heteroatoms. The fourth-order valence-corrected chi connectivity index (χ4v) is 8.34. The minimum absolute atomic E-state index is 0.171. The molecular formula is C44H44N4O2. The van der Waals surface area contributed by atoms with Crippen LogP contribution in [0.4, 0.5) is 0 Å². The Balaban J connectivity index is 1.21. The lowest BCUT2D eigenvalue weighted by Crippen LogP contribution is -2.37. The highest BCUT2D eigenvalue weighted by atomic mass is 16.5. The molecule has 0 bridgehead atoms. The van der Waals surface area contributed by atoms with Crippen LogP contribution >= 0.6 is 0 Å². The van der Waals surface area contributed by atoms with Gasteiger partial charge in [-0.05, 0) is 72.5 Å². The van der Waals surface area contributed by atoms with E-state index in [2.05, 4.69) is 120 Å². The Kier molecular flexibility index (Phi) is 9.29. The molecule has 0 amide bonds. The number of rotatable bonds is 12. The van der Waals surface area contributed by atoms with Gasteiger partial charge in [-0.2, -0.15) is 0 Å². The summed E-state index contributed by atoms with van der Waals surface area (Å²) in [7, 11) is 0. The second kappa shape index (κ2) is 14.4. The number of hydrogen-bond acceptors (Lipinski definition) is 6. The fourth-order valence-electron chi connectivity index (χ4n) is 8.34. The second-order valence-corrected chi connectivity index (χ2v) is 13.6. The molecular weight excluding hydrogens is 617 g/mol. The summed E-state index contributed by atoms with van der Waals surface area (Å²) in [6.07, 6.45) is 7.78. The Hall–Kier alpha value is -5.04. The van der Waals surface area contributed by atoms with Gasteiger partial charge in [-0.3, -0.25) is 9.80 Å². The Labute approximate surface area is 294 Å². The van der Waals surface area contributed by atoms with E-state index in [0.29, 0.717) is 11.8 Å². The normalized spacial score (nSPS) is 19.5. The largest absolute Gasteiger partial charge is 0.466 e. The molecule has 2 aliphatic heterocycles. The third-order valence-corrected chi connectivity index (χ3v) is 10.6. The molecule has 1 aromatic heterocycles. The van der Waals surface area contributed by atoms with E-state index in [9.17, 15) is 0 Å². The number of ether oxygens (including phenoxy) is 2. The topological polar surface area (TPSA) is 50.7 Å². The molecule has 3 heterocycles. The van der Waals surface area contributed by atoms with E-state index in [4.69, 9.17) is 19.7 Å². The zero-order valence-corrected chi connectivity index (χ0v) is 28.5. The predicted molar refractivity (Wildman–Crippen MR) is 204 cm³/mol. The van der Waals surface area contributed by atoms with E-state index in [1.807, 2.05) is 24.3 Å². The van der Waals surface area contributed by atoms with Crippen LogP contribution in [0.15, 0.2) is 135 Å². The molecule has 0 aliphatic carbocycles. The standard InChI is InChI=1S/C44H44N4O2/c1-3-27-47-29-13-25-39(47)41(35-23-11-17-31-15-5-7-19-33(31)35)49-43-37-21-9-10-22-38(37)44(46-45-43)50-42(40-26-14-30-48(40)28-4-2)36-24-12-18-32-16-6-8-20-34(32)36/h3-12,15-24,39-42H,1-2,13-14,25-30H2/t39-,40-,41+,42+/m0/s1. The smallest absolute Gasteiger partial charge is 0.242 e. The number of nitrogens with zero attached hydrogens (tertiary/aromatic N) is 4. The Morgan fingerprint density at radius 1 is 0.560 bits per heavy atom. The first-order valence-corrected chi connectivity index (χ1v) is 18.0. The van der Waals surface area contributed by atoms with E-state index < -0.39 is 0 Å². The van der Waals surface area contributed by atoms with E-state index in [1.165, 1.54) is 21.5 Å².